The minimum atomic E-state index is -0.455. The Bertz CT molecular complexity index is 1330. The Morgan fingerprint density at radius 1 is 1.07 bits per heavy atom. The molecule has 2 heterocycles. The van der Waals surface area contributed by atoms with Crippen molar-refractivity contribution in [3.05, 3.63) is 93.1 Å². The van der Waals surface area contributed by atoms with Crippen LogP contribution in [0.15, 0.2) is 69.9 Å². The van der Waals surface area contributed by atoms with Gasteiger partial charge in [0.25, 0.3) is 0 Å². The molecule has 4 aromatic rings. The molecule has 4 nitrogen and oxygen atoms in total. The maximum absolute atomic E-state index is 13.6. The average Bonchev–Trinajstić information content (AvgIpc) is 2.76. The molecule has 0 atom stereocenters. The number of nitrogens with zero attached hydrogens (tertiary/aromatic N) is 1. The molecule has 1 aliphatic rings. The lowest BCUT2D eigenvalue weighted by molar-refractivity contribution is 0.287. The molecule has 0 saturated heterocycles. The summed E-state index contributed by atoms with van der Waals surface area (Å²) in [6.07, 6.45) is 0. The number of anilines is 1. The molecule has 1 aliphatic heterocycles. The number of halogens is 2. The van der Waals surface area contributed by atoms with Gasteiger partial charge >= 0.3 is 5.63 Å². The van der Waals surface area contributed by atoms with Crippen molar-refractivity contribution in [3.63, 3.8) is 0 Å². The van der Waals surface area contributed by atoms with Crippen molar-refractivity contribution in [2.75, 3.05) is 11.6 Å². The van der Waals surface area contributed by atoms with Crippen LogP contribution in [0.25, 0.3) is 22.1 Å². The zero-order valence-electron chi connectivity index (χ0n) is 16.1. The summed E-state index contributed by atoms with van der Waals surface area (Å²) in [5, 5.41) is 0.917. The van der Waals surface area contributed by atoms with Crippen LogP contribution < -0.4 is 15.3 Å². The molecule has 0 unspecified atom stereocenters. The van der Waals surface area contributed by atoms with Crippen LogP contribution in [0.2, 0.25) is 5.02 Å². The monoisotopic (exact) mass is 421 g/mol. The molecule has 0 spiro atoms. The fraction of sp³-hybridized carbons (Fsp3) is 0.125. The number of hydrogen-bond donors (Lipinski definition) is 0. The summed E-state index contributed by atoms with van der Waals surface area (Å²) in [6.45, 7) is 2.73. The van der Waals surface area contributed by atoms with Crippen molar-refractivity contribution < 1.29 is 13.5 Å². The van der Waals surface area contributed by atoms with Gasteiger partial charge in [0.05, 0.1) is 5.02 Å². The second kappa shape index (κ2) is 7.18. The molecule has 0 fully saturated rings. The molecule has 0 N–H and O–H groups in total. The fourth-order valence-electron chi connectivity index (χ4n) is 3.92. The highest BCUT2D eigenvalue weighted by atomic mass is 35.5. The third-order valence-electron chi connectivity index (χ3n) is 5.37. The van der Waals surface area contributed by atoms with E-state index in [-0.39, 0.29) is 11.8 Å². The zero-order valence-corrected chi connectivity index (χ0v) is 16.9. The molecule has 1 aromatic heterocycles. The first-order valence-electron chi connectivity index (χ1n) is 9.50. The second-order valence-electron chi connectivity index (χ2n) is 7.28. The van der Waals surface area contributed by atoms with Crippen LogP contribution in [0.1, 0.15) is 11.1 Å². The molecule has 150 valence electrons. The maximum atomic E-state index is 13.6. The first-order valence-corrected chi connectivity index (χ1v) is 9.87. The van der Waals surface area contributed by atoms with Crippen LogP contribution in [0.5, 0.6) is 5.75 Å². The van der Waals surface area contributed by atoms with E-state index in [2.05, 4.69) is 0 Å². The number of ether oxygens (including phenoxy) is 1. The average molecular weight is 422 g/mol. The minimum Gasteiger partial charge on any atom is -0.472 e. The Morgan fingerprint density at radius 3 is 2.63 bits per heavy atom. The van der Waals surface area contributed by atoms with Gasteiger partial charge in [-0.25, -0.2) is 9.18 Å². The SMILES string of the molecule is Cc1c2c(cc3c(-c4ccccc4)cc(=O)oc13)CN(c1ccc(F)c(Cl)c1)CO2. The van der Waals surface area contributed by atoms with Gasteiger partial charge in [-0.3, -0.25) is 0 Å². The molecule has 3 aromatic carbocycles. The smallest absolute Gasteiger partial charge is 0.336 e. The standard InChI is InChI=1S/C24H17ClFNO3/c1-14-23-16(12-27(13-29-23)17-7-8-21(26)20(25)10-17)9-19-18(11-22(28)30-24(14)19)15-5-3-2-4-6-15/h2-11H,12-13H2,1H3. The van der Waals surface area contributed by atoms with Gasteiger partial charge in [0.15, 0.2) is 6.73 Å². The van der Waals surface area contributed by atoms with Crippen molar-refractivity contribution in [1.29, 1.82) is 0 Å². The van der Waals surface area contributed by atoms with E-state index in [1.54, 1.807) is 12.1 Å². The van der Waals surface area contributed by atoms with Gasteiger partial charge in [-0.05, 0) is 42.3 Å². The number of fused-ring (bicyclic) bond motifs is 2. The van der Waals surface area contributed by atoms with Crippen LogP contribution in [0.3, 0.4) is 0 Å². The highest BCUT2D eigenvalue weighted by Gasteiger charge is 2.24. The lowest BCUT2D eigenvalue weighted by Gasteiger charge is -2.32. The van der Waals surface area contributed by atoms with E-state index in [9.17, 15) is 9.18 Å². The van der Waals surface area contributed by atoms with Crippen molar-refractivity contribution in [3.8, 4) is 16.9 Å². The van der Waals surface area contributed by atoms with Crippen molar-refractivity contribution in [1.82, 2.24) is 0 Å². The highest BCUT2D eigenvalue weighted by Crippen LogP contribution is 2.39. The minimum absolute atomic E-state index is 0.0705. The van der Waals surface area contributed by atoms with E-state index in [1.807, 2.05) is 48.2 Å². The van der Waals surface area contributed by atoms with Crippen molar-refractivity contribution in [2.45, 2.75) is 13.5 Å². The van der Waals surface area contributed by atoms with E-state index in [4.69, 9.17) is 20.8 Å². The zero-order chi connectivity index (χ0) is 20.8. The Morgan fingerprint density at radius 2 is 1.87 bits per heavy atom. The molecule has 6 heteroatoms. The van der Waals surface area contributed by atoms with Gasteiger partial charge in [0.2, 0.25) is 0 Å². The van der Waals surface area contributed by atoms with Crippen LogP contribution in [-0.2, 0) is 6.54 Å². The van der Waals surface area contributed by atoms with Crippen LogP contribution in [0, 0.1) is 12.7 Å². The number of hydrogen-bond acceptors (Lipinski definition) is 4. The molecule has 0 aliphatic carbocycles. The van der Waals surface area contributed by atoms with Gasteiger partial charge in [0, 0.05) is 34.8 Å². The predicted octanol–water partition coefficient (Wildman–Crippen LogP) is 5.92. The quantitative estimate of drug-likeness (QED) is 0.377. The summed E-state index contributed by atoms with van der Waals surface area (Å²) in [6, 6.07) is 17.9. The summed E-state index contributed by atoms with van der Waals surface area (Å²) in [5.74, 6) is 0.253. The van der Waals surface area contributed by atoms with Crippen molar-refractivity contribution >= 4 is 28.3 Å². The first-order chi connectivity index (χ1) is 14.5. The lowest BCUT2D eigenvalue weighted by atomic mass is 9.97. The fourth-order valence-corrected chi connectivity index (χ4v) is 4.10. The van der Waals surface area contributed by atoms with Crippen LogP contribution in [0.4, 0.5) is 10.1 Å². The van der Waals surface area contributed by atoms with Gasteiger partial charge < -0.3 is 14.1 Å². The summed E-state index contributed by atoms with van der Waals surface area (Å²) in [5.41, 5.74) is 4.39. The lowest BCUT2D eigenvalue weighted by Crippen LogP contribution is -2.32. The molecular weight excluding hydrogens is 405 g/mol. The molecular formula is C24H17ClFNO3. The predicted molar refractivity (Wildman–Crippen MR) is 116 cm³/mol. The van der Waals surface area contributed by atoms with Gasteiger partial charge in [-0.2, -0.15) is 0 Å². The van der Waals surface area contributed by atoms with Gasteiger partial charge in [-0.15, -0.1) is 0 Å². The van der Waals surface area contributed by atoms with Crippen LogP contribution >= 0.6 is 11.6 Å². The highest BCUT2D eigenvalue weighted by molar-refractivity contribution is 6.31. The van der Waals surface area contributed by atoms with Gasteiger partial charge in [-0.1, -0.05) is 41.9 Å². The van der Waals surface area contributed by atoms with E-state index in [1.165, 1.54) is 12.1 Å². The van der Waals surface area contributed by atoms with E-state index < -0.39 is 11.4 Å². The molecule has 0 amide bonds. The second-order valence-corrected chi connectivity index (χ2v) is 7.69. The van der Waals surface area contributed by atoms with Crippen molar-refractivity contribution in [2.24, 2.45) is 0 Å². The Hall–Kier alpha value is -3.31. The third-order valence-corrected chi connectivity index (χ3v) is 5.66. The largest absolute Gasteiger partial charge is 0.472 e. The Labute approximate surface area is 177 Å². The summed E-state index contributed by atoms with van der Waals surface area (Å²) in [4.78, 5) is 14.2. The summed E-state index contributed by atoms with van der Waals surface area (Å²) in [7, 11) is 0. The number of rotatable bonds is 2. The summed E-state index contributed by atoms with van der Waals surface area (Å²) >= 11 is 5.96. The van der Waals surface area contributed by atoms with E-state index in [0.717, 1.165) is 33.3 Å². The Balaban J connectivity index is 1.66. The van der Waals surface area contributed by atoms with E-state index >= 15 is 0 Å². The normalized spacial score (nSPS) is 13.2. The van der Waals surface area contributed by atoms with E-state index in [0.29, 0.717) is 17.9 Å². The molecule has 0 saturated carbocycles. The molecule has 0 radical (unpaired) electrons. The van der Waals surface area contributed by atoms with Crippen LogP contribution in [-0.4, -0.2) is 6.73 Å². The molecule has 0 bridgehead atoms. The summed E-state index contributed by atoms with van der Waals surface area (Å²) < 4.78 is 25.1. The molecule has 5 rings (SSSR count). The Kier molecular flexibility index (Phi) is 4.48. The topological polar surface area (TPSA) is 42.7 Å². The third kappa shape index (κ3) is 3.12. The molecule has 30 heavy (non-hydrogen) atoms. The number of aryl methyl sites for hydroxylation is 1. The first kappa shape index (κ1) is 18.7. The maximum Gasteiger partial charge on any atom is 0.336 e. The number of benzene rings is 3. The van der Waals surface area contributed by atoms with Gasteiger partial charge in [0.1, 0.15) is 17.1 Å².